The Morgan fingerprint density at radius 1 is 1.57 bits per heavy atom. The third-order valence-electron chi connectivity index (χ3n) is 1.64. The van der Waals surface area contributed by atoms with Crippen LogP contribution in [0.3, 0.4) is 0 Å². The molecule has 2 aromatic rings. The van der Waals surface area contributed by atoms with Crippen molar-refractivity contribution in [2.45, 2.75) is 0 Å². The van der Waals surface area contributed by atoms with Crippen LogP contribution in [0.15, 0.2) is 23.9 Å². The van der Waals surface area contributed by atoms with Gasteiger partial charge >= 0.3 is 11.4 Å². The number of halogens is 1. The molecule has 0 aliphatic heterocycles. The van der Waals surface area contributed by atoms with Gasteiger partial charge in [-0.2, -0.15) is 0 Å². The second-order valence-corrected chi connectivity index (χ2v) is 4.86. The van der Waals surface area contributed by atoms with Crippen LogP contribution in [-0.4, -0.2) is 10.2 Å². The van der Waals surface area contributed by atoms with E-state index in [1.54, 1.807) is 11.6 Å². The van der Waals surface area contributed by atoms with Crippen molar-refractivity contribution >= 4 is 49.4 Å². The van der Waals surface area contributed by atoms with Gasteiger partial charge in [0.25, 0.3) is 0 Å². The van der Waals surface area contributed by atoms with Crippen molar-refractivity contribution in [3.05, 3.63) is 30.8 Å². The number of nitrogens with zero attached hydrogens (tertiary/aromatic N) is 1. The van der Waals surface area contributed by atoms with Crippen molar-refractivity contribution in [3.8, 4) is 0 Å². The van der Waals surface area contributed by atoms with Crippen LogP contribution in [0, 0.1) is 0 Å². The summed E-state index contributed by atoms with van der Waals surface area (Å²) in [5, 5.41) is 1.76. The zero-order chi connectivity index (χ0) is 10.3. The summed E-state index contributed by atoms with van der Waals surface area (Å²) in [6.07, 6.45) is 1.74. The van der Waals surface area contributed by atoms with E-state index < -0.39 is 11.4 Å². The standard InChI is InChI=1S/C7H4BrNO3S2/c1-13-9-4-3(8)2-14-5(4)6(10)12-7(9)11/h2H,1H3. The fourth-order valence-electron chi connectivity index (χ4n) is 1.09. The van der Waals surface area contributed by atoms with E-state index >= 15 is 0 Å². The van der Waals surface area contributed by atoms with Crippen LogP contribution in [0.4, 0.5) is 0 Å². The van der Waals surface area contributed by atoms with Gasteiger partial charge in [-0.05, 0) is 27.9 Å². The fraction of sp³-hybridized carbons (Fsp3) is 0.143. The Morgan fingerprint density at radius 3 is 2.93 bits per heavy atom. The number of rotatable bonds is 1. The molecule has 0 spiro atoms. The molecule has 0 aromatic carbocycles. The first kappa shape index (κ1) is 10.0. The molecule has 0 fully saturated rings. The van der Waals surface area contributed by atoms with Crippen LogP contribution in [-0.2, 0) is 0 Å². The molecule has 0 atom stereocenters. The van der Waals surface area contributed by atoms with E-state index in [2.05, 4.69) is 20.3 Å². The minimum absolute atomic E-state index is 0.450. The molecule has 0 saturated heterocycles. The van der Waals surface area contributed by atoms with E-state index in [0.717, 1.165) is 4.47 Å². The van der Waals surface area contributed by atoms with Crippen LogP contribution < -0.4 is 11.4 Å². The highest BCUT2D eigenvalue weighted by Crippen LogP contribution is 2.28. The average molecular weight is 294 g/mol. The lowest BCUT2D eigenvalue weighted by molar-refractivity contribution is 0.455. The zero-order valence-electron chi connectivity index (χ0n) is 6.94. The molecule has 0 N–H and O–H groups in total. The lowest BCUT2D eigenvalue weighted by Gasteiger charge is -1.99. The van der Waals surface area contributed by atoms with Gasteiger partial charge in [0.1, 0.15) is 4.70 Å². The molecule has 0 bridgehead atoms. The van der Waals surface area contributed by atoms with Gasteiger partial charge in [0.2, 0.25) is 0 Å². The minimum Gasteiger partial charge on any atom is -0.371 e. The quantitative estimate of drug-likeness (QED) is 0.806. The zero-order valence-corrected chi connectivity index (χ0v) is 10.2. The summed E-state index contributed by atoms with van der Waals surface area (Å²) in [6.45, 7) is 0. The lowest BCUT2D eigenvalue weighted by Crippen LogP contribution is -2.20. The summed E-state index contributed by atoms with van der Waals surface area (Å²) in [4.78, 5) is 22.6. The first-order valence-electron chi connectivity index (χ1n) is 3.52. The lowest BCUT2D eigenvalue weighted by atomic mass is 10.5. The maximum atomic E-state index is 11.3. The summed E-state index contributed by atoms with van der Waals surface area (Å²) in [6, 6.07) is 0. The van der Waals surface area contributed by atoms with Crippen molar-refractivity contribution in [3.63, 3.8) is 0 Å². The Balaban J connectivity index is 3.10. The van der Waals surface area contributed by atoms with E-state index in [9.17, 15) is 9.59 Å². The Kier molecular flexibility index (Phi) is 2.54. The normalized spacial score (nSPS) is 11.0. The number of aromatic nitrogens is 1. The minimum atomic E-state index is -0.644. The first-order valence-corrected chi connectivity index (χ1v) is 6.38. The van der Waals surface area contributed by atoms with Crippen molar-refractivity contribution in [1.82, 2.24) is 3.97 Å². The van der Waals surface area contributed by atoms with Gasteiger partial charge in [0.05, 0.1) is 9.99 Å². The molecule has 0 amide bonds. The number of thiophene rings is 1. The van der Waals surface area contributed by atoms with Crippen LogP contribution in [0.1, 0.15) is 0 Å². The van der Waals surface area contributed by atoms with Gasteiger partial charge < -0.3 is 4.42 Å². The van der Waals surface area contributed by atoms with Gasteiger partial charge in [0.15, 0.2) is 0 Å². The fourth-order valence-corrected chi connectivity index (χ4v) is 3.39. The number of fused-ring (bicyclic) bond motifs is 1. The number of hydrogen-bond acceptors (Lipinski definition) is 5. The van der Waals surface area contributed by atoms with Gasteiger partial charge in [-0.3, -0.25) is 0 Å². The Morgan fingerprint density at radius 2 is 2.29 bits per heavy atom. The van der Waals surface area contributed by atoms with Crippen LogP contribution in [0.25, 0.3) is 10.2 Å². The second-order valence-electron chi connectivity index (χ2n) is 2.39. The van der Waals surface area contributed by atoms with E-state index in [-0.39, 0.29) is 0 Å². The van der Waals surface area contributed by atoms with Crippen molar-refractivity contribution in [2.75, 3.05) is 6.26 Å². The first-order chi connectivity index (χ1) is 6.65. The van der Waals surface area contributed by atoms with E-state index in [1.165, 1.54) is 27.3 Å². The van der Waals surface area contributed by atoms with Gasteiger partial charge in [-0.1, -0.05) is 0 Å². The SMILES string of the molecule is CSn1c(=O)oc(=O)c2scc(Br)c21. The molecule has 2 heterocycles. The second kappa shape index (κ2) is 3.56. The van der Waals surface area contributed by atoms with Crippen molar-refractivity contribution in [2.24, 2.45) is 0 Å². The summed E-state index contributed by atoms with van der Waals surface area (Å²) in [5.74, 6) is -0.644. The maximum absolute atomic E-state index is 11.3. The molecule has 0 aliphatic rings. The molecule has 0 radical (unpaired) electrons. The monoisotopic (exact) mass is 293 g/mol. The Bertz CT molecular complexity index is 597. The van der Waals surface area contributed by atoms with E-state index in [1.807, 2.05) is 0 Å². The molecule has 74 valence electrons. The van der Waals surface area contributed by atoms with Crippen molar-refractivity contribution in [1.29, 1.82) is 0 Å². The molecule has 0 unspecified atom stereocenters. The summed E-state index contributed by atoms with van der Waals surface area (Å²) < 4.78 is 7.07. The molecular formula is C7H4BrNO3S2. The third kappa shape index (κ3) is 1.35. The smallest absolute Gasteiger partial charge is 0.371 e. The predicted octanol–water partition coefficient (Wildman–Crippen LogP) is 1.90. The molecule has 2 rings (SSSR count). The van der Waals surface area contributed by atoms with Crippen LogP contribution in [0.5, 0.6) is 0 Å². The van der Waals surface area contributed by atoms with E-state index in [0.29, 0.717) is 10.2 Å². The van der Waals surface area contributed by atoms with Gasteiger partial charge in [0, 0.05) is 11.6 Å². The molecular weight excluding hydrogens is 290 g/mol. The Labute approximate surface area is 94.8 Å². The molecule has 7 heteroatoms. The topological polar surface area (TPSA) is 52.2 Å². The molecule has 4 nitrogen and oxygen atoms in total. The van der Waals surface area contributed by atoms with Crippen LogP contribution >= 0.6 is 39.2 Å². The molecule has 14 heavy (non-hydrogen) atoms. The van der Waals surface area contributed by atoms with Crippen molar-refractivity contribution < 1.29 is 4.42 Å². The summed E-state index contributed by atoms with van der Waals surface area (Å²) in [5.41, 5.74) is 0.00903. The predicted molar refractivity (Wildman–Crippen MR) is 61.2 cm³/mol. The highest BCUT2D eigenvalue weighted by Gasteiger charge is 2.13. The Hall–Kier alpha value is -0.530. The maximum Gasteiger partial charge on any atom is 0.432 e. The van der Waals surface area contributed by atoms with Crippen LogP contribution in [0.2, 0.25) is 0 Å². The molecule has 0 saturated carbocycles. The van der Waals surface area contributed by atoms with Gasteiger partial charge in [-0.15, -0.1) is 11.3 Å². The highest BCUT2D eigenvalue weighted by molar-refractivity contribution is 9.10. The van der Waals surface area contributed by atoms with Gasteiger partial charge in [-0.25, -0.2) is 13.6 Å². The largest absolute Gasteiger partial charge is 0.432 e. The highest BCUT2D eigenvalue weighted by atomic mass is 79.9. The summed E-state index contributed by atoms with van der Waals surface area (Å²) in [7, 11) is 0. The third-order valence-corrected chi connectivity index (χ3v) is 4.19. The molecule has 0 aliphatic carbocycles. The number of hydrogen-bond donors (Lipinski definition) is 0. The molecule has 2 aromatic heterocycles. The average Bonchev–Trinajstić information content (AvgIpc) is 2.50. The summed E-state index contributed by atoms with van der Waals surface area (Å²) >= 11 is 5.74. The van der Waals surface area contributed by atoms with E-state index in [4.69, 9.17) is 0 Å².